The summed E-state index contributed by atoms with van der Waals surface area (Å²) in [5, 5.41) is 7.07. The highest BCUT2D eigenvalue weighted by molar-refractivity contribution is 5.78. The fourth-order valence-electron chi connectivity index (χ4n) is 3.66. The van der Waals surface area contributed by atoms with Crippen molar-refractivity contribution in [2.24, 2.45) is 5.92 Å². The molecule has 3 aromatic rings. The normalized spacial score (nSPS) is 16.1. The third-order valence-corrected chi connectivity index (χ3v) is 5.26. The SMILES string of the molecule is O=C(NCCn1cccn1)C1CCc2nc(-c3ccc(F)cc3)[nH]c(=O)c2CC1. The lowest BCUT2D eigenvalue weighted by molar-refractivity contribution is -0.125. The Morgan fingerprint density at radius 2 is 2.03 bits per heavy atom. The van der Waals surface area contributed by atoms with Crippen LogP contribution in [0.3, 0.4) is 0 Å². The van der Waals surface area contributed by atoms with Crippen LogP contribution in [-0.4, -0.2) is 32.2 Å². The van der Waals surface area contributed by atoms with Gasteiger partial charge in [0.15, 0.2) is 0 Å². The maximum atomic E-state index is 13.2. The van der Waals surface area contributed by atoms with Crippen LogP contribution in [0.15, 0.2) is 47.5 Å². The maximum Gasteiger partial charge on any atom is 0.254 e. The number of aryl methyl sites for hydroxylation is 1. The zero-order valence-corrected chi connectivity index (χ0v) is 15.9. The van der Waals surface area contributed by atoms with Crippen LogP contribution in [0.1, 0.15) is 24.1 Å². The Hall–Kier alpha value is -3.29. The summed E-state index contributed by atoms with van der Waals surface area (Å²) in [6.45, 7) is 1.13. The van der Waals surface area contributed by atoms with Gasteiger partial charge in [-0.3, -0.25) is 14.3 Å². The molecule has 0 fully saturated rings. The number of amides is 1. The predicted molar refractivity (Wildman–Crippen MR) is 106 cm³/mol. The number of aromatic nitrogens is 4. The van der Waals surface area contributed by atoms with Crippen molar-refractivity contribution in [2.75, 3.05) is 6.54 Å². The van der Waals surface area contributed by atoms with E-state index in [1.165, 1.54) is 12.1 Å². The molecule has 150 valence electrons. The van der Waals surface area contributed by atoms with Crippen molar-refractivity contribution >= 4 is 5.91 Å². The quantitative estimate of drug-likeness (QED) is 0.647. The molecule has 0 saturated carbocycles. The number of aromatic amines is 1. The first-order valence-corrected chi connectivity index (χ1v) is 9.73. The van der Waals surface area contributed by atoms with Gasteiger partial charge in [-0.25, -0.2) is 9.37 Å². The molecule has 1 aliphatic carbocycles. The van der Waals surface area contributed by atoms with E-state index in [1.807, 2.05) is 12.3 Å². The van der Waals surface area contributed by atoms with Gasteiger partial charge in [0.25, 0.3) is 5.56 Å². The average Bonchev–Trinajstić information content (AvgIpc) is 3.13. The summed E-state index contributed by atoms with van der Waals surface area (Å²) in [6.07, 6.45) is 5.88. The van der Waals surface area contributed by atoms with Crippen molar-refractivity contribution in [1.29, 1.82) is 0 Å². The molecule has 2 aromatic heterocycles. The molecular formula is C21H22FN5O2. The van der Waals surface area contributed by atoms with E-state index in [0.717, 1.165) is 5.69 Å². The first kappa shape index (κ1) is 19.0. The van der Waals surface area contributed by atoms with Crippen molar-refractivity contribution in [1.82, 2.24) is 25.1 Å². The van der Waals surface area contributed by atoms with Crippen molar-refractivity contribution < 1.29 is 9.18 Å². The van der Waals surface area contributed by atoms with E-state index in [1.54, 1.807) is 23.0 Å². The number of hydrogen-bond acceptors (Lipinski definition) is 4. The van der Waals surface area contributed by atoms with E-state index < -0.39 is 0 Å². The summed E-state index contributed by atoms with van der Waals surface area (Å²) >= 11 is 0. The van der Waals surface area contributed by atoms with E-state index in [0.29, 0.717) is 55.7 Å². The van der Waals surface area contributed by atoms with Gasteiger partial charge < -0.3 is 10.3 Å². The number of hydrogen-bond donors (Lipinski definition) is 2. The first-order valence-electron chi connectivity index (χ1n) is 9.73. The number of fused-ring (bicyclic) bond motifs is 1. The zero-order chi connectivity index (χ0) is 20.2. The monoisotopic (exact) mass is 395 g/mol. The van der Waals surface area contributed by atoms with Crippen molar-refractivity contribution in [3.05, 3.63) is 70.2 Å². The lowest BCUT2D eigenvalue weighted by atomic mass is 9.99. The van der Waals surface area contributed by atoms with Crippen LogP contribution in [0.25, 0.3) is 11.4 Å². The molecule has 1 atom stereocenters. The van der Waals surface area contributed by atoms with Crippen LogP contribution in [0.2, 0.25) is 0 Å². The number of carbonyl (C=O) groups excluding carboxylic acids is 1. The highest BCUT2D eigenvalue weighted by atomic mass is 19.1. The molecule has 1 unspecified atom stereocenters. The molecule has 0 bridgehead atoms. The minimum atomic E-state index is -0.340. The topological polar surface area (TPSA) is 92.7 Å². The molecule has 1 aromatic carbocycles. The fraction of sp³-hybridized carbons (Fsp3) is 0.333. The number of benzene rings is 1. The number of halogens is 1. The Morgan fingerprint density at radius 1 is 1.24 bits per heavy atom. The van der Waals surface area contributed by atoms with Crippen molar-refractivity contribution in [3.8, 4) is 11.4 Å². The molecule has 1 amide bonds. The Balaban J connectivity index is 1.43. The molecule has 2 heterocycles. The molecule has 8 heteroatoms. The van der Waals surface area contributed by atoms with Gasteiger partial charge in [-0.15, -0.1) is 0 Å². The van der Waals surface area contributed by atoms with Gasteiger partial charge in [0.05, 0.1) is 12.2 Å². The molecular weight excluding hydrogens is 373 g/mol. The van der Waals surface area contributed by atoms with E-state index in [4.69, 9.17) is 0 Å². The van der Waals surface area contributed by atoms with Gasteiger partial charge in [0, 0.05) is 36.0 Å². The molecule has 1 aliphatic rings. The Labute approximate surface area is 167 Å². The number of H-pyrrole nitrogens is 1. The number of nitrogens with zero attached hydrogens (tertiary/aromatic N) is 3. The molecule has 4 rings (SSSR count). The number of rotatable bonds is 5. The van der Waals surface area contributed by atoms with E-state index >= 15 is 0 Å². The lowest BCUT2D eigenvalue weighted by Gasteiger charge is -2.14. The third kappa shape index (κ3) is 4.42. The summed E-state index contributed by atoms with van der Waals surface area (Å²) in [6, 6.07) is 7.70. The number of nitrogens with one attached hydrogen (secondary N) is 2. The number of carbonyl (C=O) groups is 1. The molecule has 0 saturated heterocycles. The highest BCUT2D eigenvalue weighted by Crippen LogP contribution is 2.23. The van der Waals surface area contributed by atoms with Gasteiger partial charge in [-0.05, 0) is 56.0 Å². The summed E-state index contributed by atoms with van der Waals surface area (Å²) in [7, 11) is 0. The smallest absolute Gasteiger partial charge is 0.254 e. The Kier molecular flexibility index (Phi) is 5.50. The summed E-state index contributed by atoms with van der Waals surface area (Å²) < 4.78 is 14.9. The van der Waals surface area contributed by atoms with Crippen molar-refractivity contribution in [3.63, 3.8) is 0 Å². The molecule has 29 heavy (non-hydrogen) atoms. The van der Waals surface area contributed by atoms with Gasteiger partial charge in [-0.1, -0.05) is 0 Å². The van der Waals surface area contributed by atoms with Gasteiger partial charge in [-0.2, -0.15) is 5.10 Å². The highest BCUT2D eigenvalue weighted by Gasteiger charge is 2.25. The summed E-state index contributed by atoms with van der Waals surface area (Å²) in [4.78, 5) is 32.5. The summed E-state index contributed by atoms with van der Waals surface area (Å²) in [5.41, 5.74) is 1.83. The standard InChI is InChI=1S/C21H22FN5O2/c22-16-6-2-14(3-7-16)19-25-18-9-5-15(4-8-17(18)21(29)26-19)20(28)23-11-13-27-12-1-10-24-27/h1-3,6-7,10,12,15H,4-5,8-9,11,13H2,(H,23,28)(H,25,26,29). The minimum Gasteiger partial charge on any atom is -0.354 e. The second-order valence-corrected chi connectivity index (χ2v) is 7.18. The fourth-order valence-corrected chi connectivity index (χ4v) is 3.66. The van der Waals surface area contributed by atoms with Gasteiger partial charge in [0.1, 0.15) is 11.6 Å². The van der Waals surface area contributed by atoms with Gasteiger partial charge >= 0.3 is 0 Å². The maximum absolute atomic E-state index is 13.2. The van der Waals surface area contributed by atoms with Gasteiger partial charge in [0.2, 0.25) is 5.91 Å². The van der Waals surface area contributed by atoms with Crippen LogP contribution in [-0.2, 0) is 24.2 Å². The Bertz CT molecular complexity index is 1040. The first-order chi connectivity index (χ1) is 14.1. The zero-order valence-electron chi connectivity index (χ0n) is 15.9. The molecule has 0 spiro atoms. The van der Waals surface area contributed by atoms with E-state index in [-0.39, 0.29) is 23.2 Å². The molecule has 7 nitrogen and oxygen atoms in total. The van der Waals surface area contributed by atoms with Crippen LogP contribution >= 0.6 is 0 Å². The second kappa shape index (κ2) is 8.38. The molecule has 2 N–H and O–H groups in total. The minimum absolute atomic E-state index is 0.000138. The average molecular weight is 395 g/mol. The van der Waals surface area contributed by atoms with Crippen LogP contribution in [0.4, 0.5) is 4.39 Å². The second-order valence-electron chi connectivity index (χ2n) is 7.18. The van der Waals surface area contributed by atoms with E-state index in [9.17, 15) is 14.0 Å². The predicted octanol–water partition coefficient (Wildman–Crippen LogP) is 2.08. The summed E-state index contributed by atoms with van der Waals surface area (Å²) in [5.74, 6) is -0.0706. The Morgan fingerprint density at radius 3 is 2.79 bits per heavy atom. The third-order valence-electron chi connectivity index (χ3n) is 5.26. The van der Waals surface area contributed by atoms with E-state index in [2.05, 4.69) is 20.4 Å². The van der Waals surface area contributed by atoms with Crippen LogP contribution in [0.5, 0.6) is 0 Å². The van der Waals surface area contributed by atoms with Crippen LogP contribution < -0.4 is 10.9 Å². The van der Waals surface area contributed by atoms with Crippen LogP contribution in [0, 0.1) is 11.7 Å². The lowest BCUT2D eigenvalue weighted by Crippen LogP contribution is -2.33. The van der Waals surface area contributed by atoms with Crippen molar-refractivity contribution in [2.45, 2.75) is 32.2 Å². The molecule has 0 radical (unpaired) electrons. The largest absolute Gasteiger partial charge is 0.354 e. The molecule has 0 aliphatic heterocycles.